The van der Waals surface area contributed by atoms with E-state index in [-0.39, 0.29) is 18.5 Å². The van der Waals surface area contributed by atoms with Crippen LogP contribution in [-0.4, -0.2) is 52.6 Å². The maximum absolute atomic E-state index is 12.9. The van der Waals surface area contributed by atoms with E-state index in [2.05, 4.69) is 9.55 Å². The highest BCUT2D eigenvalue weighted by atomic mass is 16.2. The molecule has 5 rings (SSSR count). The second-order valence-electron chi connectivity index (χ2n) is 6.79. The van der Waals surface area contributed by atoms with Crippen molar-refractivity contribution >= 4 is 34.6 Å². The van der Waals surface area contributed by atoms with Crippen LogP contribution < -0.4 is 9.80 Å². The van der Waals surface area contributed by atoms with Crippen LogP contribution in [0.2, 0.25) is 0 Å². The summed E-state index contributed by atoms with van der Waals surface area (Å²) in [7, 11) is 0. The van der Waals surface area contributed by atoms with Gasteiger partial charge in [0.05, 0.1) is 11.0 Å². The Hall–Kier alpha value is -3.35. The van der Waals surface area contributed by atoms with Gasteiger partial charge in [-0.05, 0) is 24.3 Å². The van der Waals surface area contributed by atoms with Gasteiger partial charge in [0.25, 0.3) is 0 Å². The standard InChI is InChI=1S/C20H19N5O2/c26-18(14-22-10-11-23(20(22)27)15-6-2-1-3-7-15)25-13-12-24-17-9-5-4-8-16(17)21-19(24)25/h1-9H,10-14H2. The summed E-state index contributed by atoms with van der Waals surface area (Å²) in [6.45, 7) is 2.53. The molecule has 7 nitrogen and oxygen atoms in total. The first-order chi connectivity index (χ1) is 13.2. The van der Waals surface area contributed by atoms with Crippen LogP contribution in [0.4, 0.5) is 16.4 Å². The van der Waals surface area contributed by atoms with E-state index in [0.717, 1.165) is 23.3 Å². The van der Waals surface area contributed by atoms with E-state index in [1.807, 2.05) is 54.6 Å². The summed E-state index contributed by atoms with van der Waals surface area (Å²) in [6.07, 6.45) is 0. The van der Waals surface area contributed by atoms with Gasteiger partial charge in [-0.15, -0.1) is 0 Å². The number of rotatable bonds is 3. The molecule has 3 amide bonds. The Kier molecular flexibility index (Phi) is 3.60. The van der Waals surface area contributed by atoms with E-state index in [9.17, 15) is 9.59 Å². The van der Waals surface area contributed by atoms with Crippen molar-refractivity contribution in [1.29, 1.82) is 0 Å². The molecule has 0 saturated carbocycles. The minimum Gasteiger partial charge on any atom is -0.313 e. The summed E-state index contributed by atoms with van der Waals surface area (Å²) in [5.74, 6) is 0.583. The lowest BCUT2D eigenvalue weighted by Gasteiger charge is -2.21. The number of aromatic nitrogens is 2. The SMILES string of the molecule is O=C1N(CC(=O)N2CCn3c2nc2ccccc23)CCN1c1ccccc1. The van der Waals surface area contributed by atoms with Gasteiger partial charge >= 0.3 is 6.03 Å². The molecular formula is C20H19N5O2. The summed E-state index contributed by atoms with van der Waals surface area (Å²) >= 11 is 0. The minimum absolute atomic E-state index is 0.0748. The van der Waals surface area contributed by atoms with Gasteiger partial charge in [-0.3, -0.25) is 14.6 Å². The van der Waals surface area contributed by atoms with Gasteiger partial charge < -0.3 is 9.47 Å². The van der Waals surface area contributed by atoms with Crippen molar-refractivity contribution < 1.29 is 9.59 Å². The number of anilines is 2. The van der Waals surface area contributed by atoms with Crippen molar-refractivity contribution in [3.63, 3.8) is 0 Å². The zero-order valence-electron chi connectivity index (χ0n) is 14.8. The summed E-state index contributed by atoms with van der Waals surface area (Å²) in [5, 5.41) is 0. The predicted molar refractivity (Wildman–Crippen MR) is 103 cm³/mol. The van der Waals surface area contributed by atoms with Crippen LogP contribution in [0, 0.1) is 0 Å². The summed E-state index contributed by atoms with van der Waals surface area (Å²) in [5.41, 5.74) is 2.79. The fourth-order valence-electron chi connectivity index (χ4n) is 3.85. The third-order valence-corrected chi connectivity index (χ3v) is 5.21. The molecule has 0 aliphatic carbocycles. The molecule has 0 atom stereocenters. The molecule has 1 fully saturated rings. The number of imidazole rings is 1. The first kappa shape index (κ1) is 15.9. The smallest absolute Gasteiger partial charge is 0.313 e. The number of amides is 3. The summed E-state index contributed by atoms with van der Waals surface area (Å²) in [4.78, 5) is 35.2. The largest absolute Gasteiger partial charge is 0.325 e. The van der Waals surface area contributed by atoms with Gasteiger partial charge in [-0.2, -0.15) is 0 Å². The van der Waals surface area contributed by atoms with Crippen LogP contribution in [0.5, 0.6) is 0 Å². The van der Waals surface area contributed by atoms with E-state index < -0.39 is 0 Å². The Balaban J connectivity index is 1.33. The lowest BCUT2D eigenvalue weighted by Crippen LogP contribution is -2.42. The third-order valence-electron chi connectivity index (χ3n) is 5.21. The van der Waals surface area contributed by atoms with Crippen molar-refractivity contribution in [3.05, 3.63) is 54.6 Å². The highest BCUT2D eigenvalue weighted by molar-refractivity contribution is 6.00. The molecule has 3 aromatic rings. The van der Waals surface area contributed by atoms with Gasteiger partial charge in [0.15, 0.2) is 0 Å². The number of nitrogens with zero attached hydrogens (tertiary/aromatic N) is 5. The fraction of sp³-hybridized carbons (Fsp3) is 0.250. The zero-order valence-corrected chi connectivity index (χ0v) is 14.8. The first-order valence-electron chi connectivity index (χ1n) is 9.09. The van der Waals surface area contributed by atoms with Gasteiger partial charge in [-0.1, -0.05) is 30.3 Å². The predicted octanol–water partition coefficient (Wildman–Crippen LogP) is 2.33. The zero-order chi connectivity index (χ0) is 18.4. The van der Waals surface area contributed by atoms with E-state index >= 15 is 0 Å². The maximum atomic E-state index is 12.9. The number of hydrogen-bond donors (Lipinski definition) is 0. The molecule has 2 aliphatic rings. The van der Waals surface area contributed by atoms with Crippen molar-refractivity contribution in [2.45, 2.75) is 6.54 Å². The first-order valence-corrected chi connectivity index (χ1v) is 9.09. The topological polar surface area (TPSA) is 61.7 Å². The third kappa shape index (κ3) is 2.54. The molecule has 2 aliphatic heterocycles. The molecular weight excluding hydrogens is 342 g/mol. The number of para-hydroxylation sites is 3. The quantitative estimate of drug-likeness (QED) is 0.719. The number of benzene rings is 2. The molecule has 0 radical (unpaired) electrons. The van der Waals surface area contributed by atoms with Gasteiger partial charge in [-0.25, -0.2) is 9.78 Å². The molecule has 0 unspecified atom stereocenters. The minimum atomic E-state index is -0.123. The Morgan fingerprint density at radius 3 is 2.56 bits per heavy atom. The molecule has 27 heavy (non-hydrogen) atoms. The normalized spacial score (nSPS) is 16.4. The molecule has 3 heterocycles. The molecule has 2 aromatic carbocycles. The number of urea groups is 1. The molecule has 0 spiro atoms. The number of hydrogen-bond acceptors (Lipinski definition) is 3. The van der Waals surface area contributed by atoms with Gasteiger partial charge in [0, 0.05) is 31.9 Å². The van der Waals surface area contributed by atoms with Crippen LogP contribution >= 0.6 is 0 Å². The second kappa shape index (κ2) is 6.12. The maximum Gasteiger partial charge on any atom is 0.325 e. The Morgan fingerprint density at radius 2 is 1.70 bits per heavy atom. The Bertz CT molecular complexity index is 1030. The average Bonchev–Trinajstić information content (AvgIpc) is 3.36. The average molecular weight is 361 g/mol. The summed E-state index contributed by atoms with van der Waals surface area (Å²) < 4.78 is 2.06. The van der Waals surface area contributed by atoms with Gasteiger partial charge in [0.1, 0.15) is 6.54 Å². The van der Waals surface area contributed by atoms with Crippen LogP contribution in [0.1, 0.15) is 0 Å². The Labute approximate surface area is 156 Å². The lowest BCUT2D eigenvalue weighted by atomic mass is 10.3. The van der Waals surface area contributed by atoms with Crippen LogP contribution in [-0.2, 0) is 11.3 Å². The number of carbonyl (C=O) groups excluding carboxylic acids is 2. The van der Waals surface area contributed by atoms with Crippen molar-refractivity contribution in [1.82, 2.24) is 14.5 Å². The highest BCUT2D eigenvalue weighted by Gasteiger charge is 2.34. The van der Waals surface area contributed by atoms with E-state index in [0.29, 0.717) is 25.6 Å². The van der Waals surface area contributed by atoms with E-state index in [1.54, 1.807) is 14.7 Å². The molecule has 0 N–H and O–H groups in total. The highest BCUT2D eigenvalue weighted by Crippen LogP contribution is 2.27. The van der Waals surface area contributed by atoms with E-state index in [4.69, 9.17) is 0 Å². The molecule has 7 heteroatoms. The molecule has 1 aromatic heterocycles. The van der Waals surface area contributed by atoms with Gasteiger partial charge in [0.2, 0.25) is 11.9 Å². The number of fused-ring (bicyclic) bond motifs is 3. The van der Waals surface area contributed by atoms with Crippen molar-refractivity contribution in [3.8, 4) is 0 Å². The lowest BCUT2D eigenvalue weighted by molar-refractivity contribution is -0.119. The van der Waals surface area contributed by atoms with Crippen LogP contribution in [0.25, 0.3) is 11.0 Å². The Morgan fingerprint density at radius 1 is 0.926 bits per heavy atom. The monoisotopic (exact) mass is 361 g/mol. The number of carbonyl (C=O) groups is 2. The van der Waals surface area contributed by atoms with Crippen LogP contribution in [0.15, 0.2) is 54.6 Å². The fourth-order valence-corrected chi connectivity index (χ4v) is 3.85. The molecule has 0 bridgehead atoms. The van der Waals surface area contributed by atoms with Crippen molar-refractivity contribution in [2.24, 2.45) is 0 Å². The second-order valence-corrected chi connectivity index (χ2v) is 6.79. The molecule has 136 valence electrons. The van der Waals surface area contributed by atoms with E-state index in [1.165, 1.54) is 0 Å². The van der Waals surface area contributed by atoms with Crippen LogP contribution in [0.3, 0.4) is 0 Å². The molecule has 1 saturated heterocycles. The summed E-state index contributed by atoms with van der Waals surface area (Å²) in [6, 6.07) is 17.3. The van der Waals surface area contributed by atoms with Crippen molar-refractivity contribution in [2.75, 3.05) is 36.0 Å².